The molecule has 3 nitrogen and oxygen atoms in total. The lowest BCUT2D eigenvalue weighted by molar-refractivity contribution is 0.150. The van der Waals surface area contributed by atoms with Crippen LogP contribution in [0.5, 0.6) is 5.75 Å². The van der Waals surface area contributed by atoms with Gasteiger partial charge in [-0.3, -0.25) is 0 Å². The topological polar surface area (TPSA) is 41.5 Å². The van der Waals surface area contributed by atoms with Crippen molar-refractivity contribution in [2.45, 2.75) is 45.3 Å². The van der Waals surface area contributed by atoms with Crippen LogP contribution < -0.4 is 10.1 Å². The Hall–Kier alpha value is -1.06. The number of nitrogens with one attached hydrogen (secondary N) is 1. The first-order valence-electron chi connectivity index (χ1n) is 7.65. The zero-order valence-electron chi connectivity index (χ0n) is 12.8. The predicted octanol–water partition coefficient (Wildman–Crippen LogP) is 3.14. The van der Waals surface area contributed by atoms with E-state index in [4.69, 9.17) is 4.74 Å². The van der Waals surface area contributed by atoms with E-state index in [-0.39, 0.29) is 0 Å². The maximum absolute atomic E-state index is 10.3. The second-order valence-electron chi connectivity index (χ2n) is 6.20. The van der Waals surface area contributed by atoms with Crippen LogP contribution in [0.2, 0.25) is 0 Å². The van der Waals surface area contributed by atoms with E-state index in [1.54, 1.807) is 7.11 Å². The molecule has 3 heteroatoms. The predicted molar refractivity (Wildman–Crippen MR) is 81.9 cm³/mol. The summed E-state index contributed by atoms with van der Waals surface area (Å²) < 4.78 is 5.20. The highest BCUT2D eigenvalue weighted by molar-refractivity contribution is 5.29. The third-order valence-corrected chi connectivity index (χ3v) is 4.48. The molecule has 112 valence electrons. The van der Waals surface area contributed by atoms with Crippen LogP contribution in [0.1, 0.15) is 44.8 Å². The molecule has 4 unspecified atom stereocenters. The van der Waals surface area contributed by atoms with Crippen LogP contribution in [0.15, 0.2) is 24.3 Å². The molecule has 1 aliphatic rings. The van der Waals surface area contributed by atoms with Gasteiger partial charge in [0, 0.05) is 12.6 Å². The molecule has 2 N–H and O–H groups in total. The minimum absolute atomic E-state index is 0.475. The summed E-state index contributed by atoms with van der Waals surface area (Å²) in [5.41, 5.74) is 0.911. The van der Waals surface area contributed by atoms with Crippen LogP contribution >= 0.6 is 0 Å². The van der Waals surface area contributed by atoms with Crippen molar-refractivity contribution < 1.29 is 9.84 Å². The number of hydrogen-bond donors (Lipinski definition) is 2. The Bertz CT molecular complexity index is 421. The van der Waals surface area contributed by atoms with Gasteiger partial charge in [0.1, 0.15) is 5.75 Å². The lowest BCUT2D eigenvalue weighted by Gasteiger charge is -2.33. The molecule has 1 aromatic rings. The first-order valence-corrected chi connectivity index (χ1v) is 7.65. The van der Waals surface area contributed by atoms with E-state index in [0.717, 1.165) is 17.2 Å². The van der Waals surface area contributed by atoms with Crippen molar-refractivity contribution >= 4 is 0 Å². The maximum Gasteiger partial charge on any atom is 0.119 e. The van der Waals surface area contributed by atoms with E-state index < -0.39 is 6.10 Å². The van der Waals surface area contributed by atoms with Gasteiger partial charge in [0.25, 0.3) is 0 Å². The van der Waals surface area contributed by atoms with Crippen molar-refractivity contribution in [1.29, 1.82) is 0 Å². The summed E-state index contributed by atoms with van der Waals surface area (Å²) in [6.45, 7) is 5.25. The van der Waals surface area contributed by atoms with E-state index in [9.17, 15) is 5.11 Å². The maximum atomic E-state index is 10.3. The Balaban J connectivity index is 1.86. The standard InChI is InChI=1S/C17H27NO2/c1-12-7-8-16(13(2)9-12)18-11-17(19)14-5-4-6-15(10-14)20-3/h4-6,10,12-13,16-19H,7-9,11H2,1-3H3. The van der Waals surface area contributed by atoms with Gasteiger partial charge in [0.05, 0.1) is 13.2 Å². The summed E-state index contributed by atoms with van der Waals surface area (Å²) in [6.07, 6.45) is 3.31. The van der Waals surface area contributed by atoms with Crippen LogP contribution in [0.25, 0.3) is 0 Å². The van der Waals surface area contributed by atoms with Gasteiger partial charge in [-0.2, -0.15) is 0 Å². The van der Waals surface area contributed by atoms with Crippen LogP contribution in [0, 0.1) is 11.8 Å². The van der Waals surface area contributed by atoms with Gasteiger partial charge in [0.15, 0.2) is 0 Å². The molecule has 0 heterocycles. The summed E-state index contributed by atoms with van der Waals surface area (Å²) in [4.78, 5) is 0. The van der Waals surface area contributed by atoms with E-state index >= 15 is 0 Å². The van der Waals surface area contributed by atoms with Crippen LogP contribution in [0.4, 0.5) is 0 Å². The average Bonchev–Trinajstić information content (AvgIpc) is 2.46. The summed E-state index contributed by atoms with van der Waals surface area (Å²) in [5.74, 6) is 2.32. The molecule has 1 saturated carbocycles. The molecule has 2 rings (SSSR count). The number of benzene rings is 1. The average molecular weight is 277 g/mol. The fourth-order valence-electron chi connectivity index (χ4n) is 3.20. The zero-order valence-corrected chi connectivity index (χ0v) is 12.8. The van der Waals surface area contributed by atoms with Crippen molar-refractivity contribution in [3.63, 3.8) is 0 Å². The Kier molecular flexibility index (Phi) is 5.44. The largest absolute Gasteiger partial charge is 0.497 e. The molecule has 0 saturated heterocycles. The molecule has 0 aliphatic heterocycles. The molecule has 0 spiro atoms. The van der Waals surface area contributed by atoms with E-state index in [1.165, 1.54) is 19.3 Å². The summed E-state index contributed by atoms with van der Waals surface area (Å²) in [6, 6.07) is 8.20. The number of aliphatic hydroxyl groups is 1. The van der Waals surface area contributed by atoms with Crippen LogP contribution in [0.3, 0.4) is 0 Å². The third-order valence-electron chi connectivity index (χ3n) is 4.48. The number of aliphatic hydroxyl groups excluding tert-OH is 1. The number of methoxy groups -OCH3 is 1. The molecule has 1 aromatic carbocycles. The third kappa shape index (κ3) is 3.97. The number of hydrogen-bond acceptors (Lipinski definition) is 3. The zero-order chi connectivity index (χ0) is 14.5. The molecule has 0 radical (unpaired) electrons. The molecule has 20 heavy (non-hydrogen) atoms. The smallest absolute Gasteiger partial charge is 0.119 e. The Morgan fingerprint density at radius 3 is 2.85 bits per heavy atom. The quantitative estimate of drug-likeness (QED) is 0.869. The Labute approximate surface area is 122 Å². The highest BCUT2D eigenvalue weighted by atomic mass is 16.5. The minimum Gasteiger partial charge on any atom is -0.497 e. The van der Waals surface area contributed by atoms with Crippen LogP contribution in [-0.4, -0.2) is 24.8 Å². The second-order valence-corrected chi connectivity index (χ2v) is 6.20. The molecule has 1 aliphatic carbocycles. The molecule has 0 bridgehead atoms. The second kappa shape index (κ2) is 7.09. The van der Waals surface area contributed by atoms with Gasteiger partial charge < -0.3 is 15.2 Å². The van der Waals surface area contributed by atoms with Crippen molar-refractivity contribution in [3.05, 3.63) is 29.8 Å². The van der Waals surface area contributed by atoms with Crippen molar-refractivity contribution in [1.82, 2.24) is 5.32 Å². The van der Waals surface area contributed by atoms with Crippen molar-refractivity contribution in [2.24, 2.45) is 11.8 Å². The molecule has 0 amide bonds. The fraction of sp³-hybridized carbons (Fsp3) is 0.647. The highest BCUT2D eigenvalue weighted by Crippen LogP contribution is 2.29. The van der Waals surface area contributed by atoms with Gasteiger partial charge in [-0.25, -0.2) is 0 Å². The van der Waals surface area contributed by atoms with E-state index in [0.29, 0.717) is 18.5 Å². The molecular weight excluding hydrogens is 250 g/mol. The van der Waals surface area contributed by atoms with Gasteiger partial charge in [-0.1, -0.05) is 26.0 Å². The Morgan fingerprint density at radius 2 is 2.15 bits per heavy atom. The molecule has 4 atom stereocenters. The van der Waals surface area contributed by atoms with E-state index in [1.807, 2.05) is 24.3 Å². The summed E-state index contributed by atoms with van der Waals surface area (Å²) >= 11 is 0. The fourth-order valence-corrected chi connectivity index (χ4v) is 3.20. The number of rotatable bonds is 5. The van der Waals surface area contributed by atoms with Crippen molar-refractivity contribution in [3.8, 4) is 5.75 Å². The normalized spacial score (nSPS) is 28.1. The molecule has 0 aromatic heterocycles. The first kappa shape index (κ1) is 15.3. The van der Waals surface area contributed by atoms with Gasteiger partial charge >= 0.3 is 0 Å². The number of ether oxygens (including phenoxy) is 1. The van der Waals surface area contributed by atoms with E-state index in [2.05, 4.69) is 19.2 Å². The van der Waals surface area contributed by atoms with Gasteiger partial charge in [-0.05, 0) is 48.8 Å². The summed E-state index contributed by atoms with van der Waals surface area (Å²) in [7, 11) is 1.65. The SMILES string of the molecule is COc1cccc(C(O)CNC2CCC(C)CC2C)c1. The van der Waals surface area contributed by atoms with Gasteiger partial charge in [0.2, 0.25) is 0 Å². The Morgan fingerprint density at radius 1 is 1.35 bits per heavy atom. The van der Waals surface area contributed by atoms with Crippen molar-refractivity contribution in [2.75, 3.05) is 13.7 Å². The monoisotopic (exact) mass is 277 g/mol. The highest BCUT2D eigenvalue weighted by Gasteiger charge is 2.25. The molecule has 1 fully saturated rings. The van der Waals surface area contributed by atoms with Gasteiger partial charge in [-0.15, -0.1) is 0 Å². The lowest BCUT2D eigenvalue weighted by atomic mass is 9.80. The minimum atomic E-state index is -0.475. The molecular formula is C17H27NO2. The first-order chi connectivity index (χ1) is 9.60. The van der Waals surface area contributed by atoms with Crippen LogP contribution in [-0.2, 0) is 0 Å². The lowest BCUT2D eigenvalue weighted by Crippen LogP contribution is -2.40. The summed E-state index contributed by atoms with van der Waals surface area (Å²) in [5, 5.41) is 13.8.